The number of aliphatic hydroxyl groups excluding tert-OH is 1. The molecule has 4 nitrogen and oxygen atoms in total. The lowest BCUT2D eigenvalue weighted by Crippen LogP contribution is -2.44. The lowest BCUT2D eigenvalue weighted by molar-refractivity contribution is -0.127. The Balaban J connectivity index is 1.92. The maximum Gasteiger partial charge on any atom is 0.287 e. The Hall–Kier alpha value is -1.69. The lowest BCUT2D eigenvalue weighted by atomic mass is 9.93. The van der Waals surface area contributed by atoms with Crippen LogP contribution < -0.4 is 10.6 Å². The highest BCUT2D eigenvalue weighted by atomic mass is 19.3. The quantitative estimate of drug-likeness (QED) is 0.765. The number of amides is 1. The molecule has 0 aliphatic carbocycles. The third-order valence-electron chi connectivity index (χ3n) is 3.15. The van der Waals surface area contributed by atoms with Crippen LogP contribution in [0.2, 0.25) is 0 Å². The normalized spacial score (nSPS) is 18.4. The van der Waals surface area contributed by atoms with Gasteiger partial charge in [-0.3, -0.25) is 4.79 Å². The molecule has 2 rings (SSSR count). The Morgan fingerprint density at radius 2 is 2.21 bits per heavy atom. The highest BCUT2D eigenvalue weighted by Gasteiger charge is 2.30. The zero-order valence-electron chi connectivity index (χ0n) is 10.3. The van der Waals surface area contributed by atoms with Gasteiger partial charge in [-0.2, -0.15) is 0 Å². The molecule has 3 N–H and O–H groups in total. The van der Waals surface area contributed by atoms with E-state index in [9.17, 15) is 13.6 Å². The van der Waals surface area contributed by atoms with E-state index in [0.717, 1.165) is 11.3 Å². The summed E-state index contributed by atoms with van der Waals surface area (Å²) in [5, 5.41) is 13.7. The zero-order chi connectivity index (χ0) is 13.9. The molecule has 0 bridgehead atoms. The Labute approximate surface area is 109 Å². The fourth-order valence-corrected chi connectivity index (χ4v) is 2.04. The molecule has 1 heterocycles. The maximum absolute atomic E-state index is 12.8. The number of carbonyl (C=O) groups excluding carboxylic acids is 1. The molecular formula is C13H16F2N2O2. The van der Waals surface area contributed by atoms with Crippen molar-refractivity contribution in [3.05, 3.63) is 29.8 Å². The fourth-order valence-electron chi connectivity index (χ4n) is 2.04. The number of para-hydroxylation sites is 1. The second-order valence-electron chi connectivity index (χ2n) is 4.67. The van der Waals surface area contributed by atoms with Gasteiger partial charge in [-0.05, 0) is 18.1 Å². The summed E-state index contributed by atoms with van der Waals surface area (Å²) in [6.45, 7) is -1.67. The van der Waals surface area contributed by atoms with Gasteiger partial charge in [0.1, 0.15) is 6.61 Å². The Bertz CT molecular complexity index is 466. The third-order valence-corrected chi connectivity index (χ3v) is 3.15. The van der Waals surface area contributed by atoms with Crippen molar-refractivity contribution >= 4 is 11.6 Å². The summed E-state index contributed by atoms with van der Waals surface area (Å²) in [4.78, 5) is 11.8. The summed E-state index contributed by atoms with van der Waals surface area (Å²) in [6, 6.07) is 7.60. The predicted octanol–water partition coefficient (Wildman–Crippen LogP) is 1.01. The molecule has 0 saturated heterocycles. The van der Waals surface area contributed by atoms with Crippen molar-refractivity contribution in [2.24, 2.45) is 5.92 Å². The van der Waals surface area contributed by atoms with Crippen LogP contribution in [0, 0.1) is 5.92 Å². The van der Waals surface area contributed by atoms with E-state index >= 15 is 0 Å². The van der Waals surface area contributed by atoms with Crippen LogP contribution in [-0.4, -0.2) is 36.6 Å². The smallest absolute Gasteiger partial charge is 0.287 e. The summed E-state index contributed by atoms with van der Waals surface area (Å²) >= 11 is 0. The summed E-state index contributed by atoms with van der Waals surface area (Å²) in [5.41, 5.74) is 1.98. The van der Waals surface area contributed by atoms with Crippen molar-refractivity contribution in [1.82, 2.24) is 5.32 Å². The maximum atomic E-state index is 12.8. The van der Waals surface area contributed by atoms with Crippen LogP contribution in [-0.2, 0) is 11.2 Å². The van der Waals surface area contributed by atoms with Gasteiger partial charge in [0, 0.05) is 12.2 Å². The predicted molar refractivity (Wildman–Crippen MR) is 67.2 cm³/mol. The molecule has 0 aromatic heterocycles. The summed E-state index contributed by atoms with van der Waals surface area (Å²) < 4.78 is 25.7. The van der Waals surface area contributed by atoms with Gasteiger partial charge in [0.25, 0.3) is 5.92 Å². The zero-order valence-corrected chi connectivity index (χ0v) is 10.3. The minimum absolute atomic E-state index is 0.371. The van der Waals surface area contributed by atoms with E-state index < -0.39 is 25.0 Å². The van der Waals surface area contributed by atoms with Crippen LogP contribution in [0.15, 0.2) is 24.3 Å². The molecule has 6 heteroatoms. The van der Waals surface area contributed by atoms with Gasteiger partial charge in [-0.1, -0.05) is 18.2 Å². The van der Waals surface area contributed by atoms with Crippen molar-refractivity contribution in [3.63, 3.8) is 0 Å². The second-order valence-corrected chi connectivity index (χ2v) is 4.67. The summed E-state index contributed by atoms with van der Waals surface area (Å²) in [5.74, 6) is -4.06. The molecule has 1 unspecified atom stereocenters. The van der Waals surface area contributed by atoms with Gasteiger partial charge < -0.3 is 15.7 Å². The first kappa shape index (κ1) is 13.7. The lowest BCUT2D eigenvalue weighted by Gasteiger charge is -2.26. The van der Waals surface area contributed by atoms with Crippen molar-refractivity contribution < 1.29 is 18.7 Å². The number of fused-ring (bicyclic) bond motifs is 1. The summed E-state index contributed by atoms with van der Waals surface area (Å²) in [7, 11) is 0. The van der Waals surface area contributed by atoms with Crippen molar-refractivity contribution in [3.8, 4) is 0 Å². The van der Waals surface area contributed by atoms with Gasteiger partial charge in [-0.25, -0.2) is 8.78 Å². The molecule has 19 heavy (non-hydrogen) atoms. The number of hydrogen-bond donors (Lipinski definition) is 3. The third kappa shape index (κ3) is 3.41. The molecule has 104 valence electrons. The monoisotopic (exact) mass is 270 g/mol. The van der Waals surface area contributed by atoms with Crippen LogP contribution >= 0.6 is 0 Å². The van der Waals surface area contributed by atoms with Crippen LogP contribution in [0.4, 0.5) is 14.5 Å². The number of aliphatic hydroxyl groups is 1. The standard InChI is InChI=1S/C13H16F2N2O2/c14-13(15,8-18)7-17-12(19)10-5-9-3-1-2-4-11(9)16-6-10/h1-4,10,16,18H,5-8H2,(H,17,19). The topological polar surface area (TPSA) is 61.4 Å². The number of nitrogens with one attached hydrogen (secondary N) is 2. The number of benzene rings is 1. The van der Waals surface area contributed by atoms with Gasteiger partial charge in [0.2, 0.25) is 5.91 Å². The Morgan fingerprint density at radius 3 is 2.95 bits per heavy atom. The highest BCUT2D eigenvalue weighted by Crippen LogP contribution is 2.24. The first-order valence-corrected chi connectivity index (χ1v) is 6.10. The van der Waals surface area contributed by atoms with E-state index in [0.29, 0.717) is 13.0 Å². The molecule has 1 aromatic carbocycles. The minimum Gasteiger partial charge on any atom is -0.390 e. The van der Waals surface area contributed by atoms with Crippen LogP contribution in [0.3, 0.4) is 0 Å². The van der Waals surface area contributed by atoms with E-state index in [2.05, 4.69) is 10.6 Å². The molecule has 0 fully saturated rings. The van der Waals surface area contributed by atoms with Crippen molar-refractivity contribution in [2.45, 2.75) is 12.3 Å². The molecule has 1 aromatic rings. The van der Waals surface area contributed by atoms with Gasteiger partial charge in [0.05, 0.1) is 12.5 Å². The number of anilines is 1. The average molecular weight is 270 g/mol. The van der Waals surface area contributed by atoms with E-state index in [1.807, 2.05) is 24.3 Å². The van der Waals surface area contributed by atoms with Gasteiger partial charge in [-0.15, -0.1) is 0 Å². The number of halogens is 2. The van der Waals surface area contributed by atoms with E-state index in [1.165, 1.54) is 0 Å². The molecule has 0 spiro atoms. The SMILES string of the molecule is O=C(NCC(F)(F)CO)C1CNc2ccccc2C1. The molecule has 0 radical (unpaired) electrons. The molecular weight excluding hydrogens is 254 g/mol. The molecule has 1 aliphatic heterocycles. The molecule has 0 saturated carbocycles. The van der Waals surface area contributed by atoms with Crippen LogP contribution in [0.5, 0.6) is 0 Å². The van der Waals surface area contributed by atoms with E-state index in [-0.39, 0.29) is 5.92 Å². The number of hydrogen-bond acceptors (Lipinski definition) is 3. The van der Waals surface area contributed by atoms with Crippen LogP contribution in [0.1, 0.15) is 5.56 Å². The molecule has 1 atom stereocenters. The van der Waals surface area contributed by atoms with E-state index in [1.54, 1.807) is 0 Å². The summed E-state index contributed by atoms with van der Waals surface area (Å²) in [6.07, 6.45) is 0.527. The molecule has 1 aliphatic rings. The van der Waals surface area contributed by atoms with Crippen LogP contribution in [0.25, 0.3) is 0 Å². The first-order chi connectivity index (χ1) is 9.02. The van der Waals surface area contributed by atoms with Crippen molar-refractivity contribution in [1.29, 1.82) is 0 Å². The molecule has 1 amide bonds. The van der Waals surface area contributed by atoms with Gasteiger partial charge in [0.15, 0.2) is 0 Å². The Morgan fingerprint density at radius 1 is 1.47 bits per heavy atom. The minimum atomic E-state index is -3.27. The average Bonchev–Trinajstić information content (AvgIpc) is 2.44. The van der Waals surface area contributed by atoms with Crippen molar-refractivity contribution in [2.75, 3.05) is 25.0 Å². The van der Waals surface area contributed by atoms with Gasteiger partial charge >= 0.3 is 0 Å². The number of alkyl halides is 2. The fraction of sp³-hybridized carbons (Fsp3) is 0.462. The Kier molecular flexibility index (Phi) is 3.99. The first-order valence-electron chi connectivity index (χ1n) is 6.10. The van der Waals surface area contributed by atoms with E-state index in [4.69, 9.17) is 5.11 Å². The number of rotatable bonds is 4. The highest BCUT2D eigenvalue weighted by molar-refractivity contribution is 5.80. The number of carbonyl (C=O) groups is 1. The second kappa shape index (κ2) is 5.52. The largest absolute Gasteiger partial charge is 0.390 e.